The molecule has 0 unspecified atom stereocenters. The third kappa shape index (κ3) is 6.80. The molecule has 0 bridgehead atoms. The molecular formula is C21H23IN2O3. The minimum Gasteiger partial charge on any atom is -0.395 e. The molecule has 5 nitrogen and oxygen atoms in total. The number of hydrogen-bond donors (Lipinski definition) is 2. The number of aliphatic hydroxyl groups excluding tert-OH is 1. The fourth-order valence-electron chi connectivity index (χ4n) is 2.41. The average molecular weight is 478 g/mol. The maximum absolute atomic E-state index is 12.3. The Labute approximate surface area is 173 Å². The van der Waals surface area contributed by atoms with Gasteiger partial charge in [0, 0.05) is 41.4 Å². The number of likely N-dealkylation sites (N-methyl/N-ethyl adjacent to an activating group) is 1. The normalized spacial score (nSPS) is 10.8. The van der Waals surface area contributed by atoms with Crippen molar-refractivity contribution in [2.45, 2.75) is 6.42 Å². The van der Waals surface area contributed by atoms with Crippen molar-refractivity contribution in [2.24, 2.45) is 0 Å². The molecule has 0 saturated heterocycles. The minimum atomic E-state index is -0.0957. The molecule has 0 radical (unpaired) electrons. The van der Waals surface area contributed by atoms with E-state index in [1.807, 2.05) is 36.2 Å². The zero-order chi connectivity index (χ0) is 19.6. The van der Waals surface area contributed by atoms with Crippen LogP contribution in [-0.4, -0.2) is 41.4 Å². The first-order chi connectivity index (χ1) is 13.0. The van der Waals surface area contributed by atoms with Crippen molar-refractivity contribution in [2.75, 3.05) is 34.8 Å². The fraction of sp³-hybridized carbons (Fsp3) is 0.238. The number of nitrogens with zero attached hydrogens (tertiary/aromatic N) is 1. The van der Waals surface area contributed by atoms with Gasteiger partial charge in [0.2, 0.25) is 5.91 Å². The van der Waals surface area contributed by atoms with Gasteiger partial charge in [-0.25, -0.2) is 0 Å². The molecule has 0 aliphatic heterocycles. The number of rotatable bonds is 9. The predicted molar refractivity (Wildman–Crippen MR) is 119 cm³/mol. The summed E-state index contributed by atoms with van der Waals surface area (Å²) in [6.07, 6.45) is 3.78. The largest absolute Gasteiger partial charge is 0.395 e. The Morgan fingerprint density at radius 2 is 1.78 bits per heavy atom. The van der Waals surface area contributed by atoms with Crippen LogP contribution in [0, 0.1) is 0 Å². The highest BCUT2D eigenvalue weighted by atomic mass is 127. The van der Waals surface area contributed by atoms with Crippen LogP contribution in [0.1, 0.15) is 22.3 Å². The highest BCUT2D eigenvalue weighted by Crippen LogP contribution is 2.15. The number of halogens is 1. The van der Waals surface area contributed by atoms with E-state index >= 15 is 0 Å². The molecule has 142 valence electrons. The quantitative estimate of drug-likeness (QED) is 0.249. The fourth-order valence-corrected chi connectivity index (χ4v) is 2.90. The molecule has 0 saturated carbocycles. The Hall–Kier alpha value is -2.19. The van der Waals surface area contributed by atoms with Crippen molar-refractivity contribution in [3.63, 3.8) is 0 Å². The number of anilines is 2. The van der Waals surface area contributed by atoms with E-state index in [0.29, 0.717) is 24.2 Å². The van der Waals surface area contributed by atoms with Crippen molar-refractivity contribution < 1.29 is 14.7 Å². The molecule has 0 aliphatic rings. The first-order valence-corrected chi connectivity index (χ1v) is 10.2. The maximum atomic E-state index is 12.3. The van der Waals surface area contributed by atoms with Gasteiger partial charge in [-0.1, -0.05) is 40.8 Å². The van der Waals surface area contributed by atoms with Crippen LogP contribution in [0.3, 0.4) is 0 Å². The number of allylic oxidation sites excluding steroid dienone is 1. The molecular weight excluding hydrogens is 455 g/mol. The molecule has 0 fully saturated rings. The summed E-state index contributed by atoms with van der Waals surface area (Å²) >= 11 is 2.16. The zero-order valence-electron chi connectivity index (χ0n) is 15.2. The molecule has 2 rings (SSSR count). The number of carbonyl (C=O) groups excluding carboxylic acids is 2. The number of hydrogen-bond acceptors (Lipinski definition) is 4. The number of carbonyl (C=O) groups is 2. The van der Waals surface area contributed by atoms with E-state index in [4.69, 9.17) is 5.11 Å². The Morgan fingerprint density at radius 1 is 1.11 bits per heavy atom. The molecule has 0 heterocycles. The first-order valence-electron chi connectivity index (χ1n) is 8.64. The second-order valence-electron chi connectivity index (χ2n) is 6.00. The van der Waals surface area contributed by atoms with E-state index in [1.54, 1.807) is 30.3 Å². The minimum absolute atomic E-state index is 0.0311. The van der Waals surface area contributed by atoms with Crippen LogP contribution >= 0.6 is 22.6 Å². The zero-order valence-corrected chi connectivity index (χ0v) is 17.3. The van der Waals surface area contributed by atoms with Crippen LogP contribution in [0.4, 0.5) is 11.4 Å². The Balaban J connectivity index is 1.96. The van der Waals surface area contributed by atoms with E-state index in [-0.39, 0.29) is 18.3 Å². The Kier molecular flexibility index (Phi) is 8.47. The van der Waals surface area contributed by atoms with Gasteiger partial charge in [-0.3, -0.25) is 9.59 Å². The summed E-state index contributed by atoms with van der Waals surface area (Å²) in [6.45, 7) is 0.676. The van der Waals surface area contributed by atoms with E-state index in [1.165, 1.54) is 6.08 Å². The van der Waals surface area contributed by atoms with Gasteiger partial charge in [-0.2, -0.15) is 0 Å². The lowest BCUT2D eigenvalue weighted by molar-refractivity contribution is -0.115. The van der Waals surface area contributed by atoms with Crippen LogP contribution in [-0.2, 0) is 4.79 Å². The summed E-state index contributed by atoms with van der Waals surface area (Å²) < 4.78 is 0.768. The van der Waals surface area contributed by atoms with Crippen molar-refractivity contribution in [1.29, 1.82) is 0 Å². The lowest BCUT2D eigenvalue weighted by Gasteiger charge is -2.17. The monoisotopic (exact) mass is 478 g/mol. The molecule has 1 amide bonds. The van der Waals surface area contributed by atoms with Gasteiger partial charge in [0.1, 0.15) is 0 Å². The molecule has 27 heavy (non-hydrogen) atoms. The van der Waals surface area contributed by atoms with Gasteiger partial charge < -0.3 is 15.3 Å². The van der Waals surface area contributed by atoms with E-state index in [2.05, 4.69) is 27.9 Å². The second kappa shape index (κ2) is 10.8. The van der Waals surface area contributed by atoms with Crippen molar-refractivity contribution in [1.82, 2.24) is 0 Å². The third-order valence-corrected chi connectivity index (χ3v) is 4.51. The van der Waals surface area contributed by atoms with Gasteiger partial charge in [0.25, 0.3) is 0 Å². The van der Waals surface area contributed by atoms with E-state index in [0.717, 1.165) is 15.7 Å². The molecule has 2 aromatic carbocycles. The van der Waals surface area contributed by atoms with Gasteiger partial charge >= 0.3 is 0 Å². The van der Waals surface area contributed by atoms with E-state index < -0.39 is 0 Å². The van der Waals surface area contributed by atoms with E-state index in [9.17, 15) is 9.59 Å². The number of ketones is 1. The number of amides is 1. The summed E-state index contributed by atoms with van der Waals surface area (Å²) in [5.74, 6) is -0.127. The lowest BCUT2D eigenvalue weighted by Crippen LogP contribution is -2.20. The van der Waals surface area contributed by atoms with Crippen LogP contribution in [0.15, 0.2) is 54.6 Å². The van der Waals surface area contributed by atoms with Crippen LogP contribution in [0.5, 0.6) is 0 Å². The number of alkyl halides is 1. The molecule has 0 aliphatic carbocycles. The molecule has 0 atom stereocenters. The third-order valence-electron chi connectivity index (χ3n) is 3.97. The highest BCUT2D eigenvalue weighted by molar-refractivity contribution is 14.1. The van der Waals surface area contributed by atoms with Gasteiger partial charge in [0.05, 0.1) is 6.61 Å². The molecule has 2 aromatic rings. The predicted octanol–water partition coefficient (Wildman–Crippen LogP) is 3.77. The molecule has 6 heteroatoms. The maximum Gasteiger partial charge on any atom is 0.225 e. The number of aliphatic hydroxyl groups is 1. The van der Waals surface area contributed by atoms with Gasteiger partial charge in [0.15, 0.2) is 5.78 Å². The summed E-state index contributed by atoms with van der Waals surface area (Å²) in [5, 5.41) is 11.8. The molecule has 0 aromatic heterocycles. The second-order valence-corrected chi connectivity index (χ2v) is 7.08. The SMILES string of the molecule is CN(CCO)c1ccc(C=CC(=O)c2ccc(NC(=O)CCI)cc2)cc1. The van der Waals surface area contributed by atoms with Crippen LogP contribution in [0.25, 0.3) is 6.08 Å². The standard InChI is InChI=1S/C21H23IN2O3/c1-24(14-15-25)19-9-2-16(3-10-19)4-11-20(26)17-5-7-18(8-6-17)23-21(27)12-13-22/h2-11,25H,12-15H2,1H3,(H,23,27). The lowest BCUT2D eigenvalue weighted by atomic mass is 10.1. The number of nitrogens with one attached hydrogen (secondary N) is 1. The van der Waals surface area contributed by atoms with Crippen molar-refractivity contribution in [3.8, 4) is 0 Å². The van der Waals surface area contributed by atoms with Gasteiger partial charge in [-0.15, -0.1) is 0 Å². The topological polar surface area (TPSA) is 69.6 Å². The Bertz CT molecular complexity index is 786. The summed E-state index contributed by atoms with van der Waals surface area (Å²) in [4.78, 5) is 25.8. The van der Waals surface area contributed by atoms with Crippen LogP contribution in [0.2, 0.25) is 0 Å². The highest BCUT2D eigenvalue weighted by Gasteiger charge is 2.05. The van der Waals surface area contributed by atoms with Crippen molar-refractivity contribution >= 4 is 51.7 Å². The van der Waals surface area contributed by atoms with Gasteiger partial charge in [-0.05, 0) is 48.0 Å². The summed E-state index contributed by atoms with van der Waals surface area (Å²) in [7, 11) is 1.92. The van der Waals surface area contributed by atoms with Crippen molar-refractivity contribution in [3.05, 3.63) is 65.7 Å². The molecule has 0 spiro atoms. The summed E-state index contributed by atoms with van der Waals surface area (Å²) in [6, 6.07) is 14.6. The summed E-state index contributed by atoms with van der Waals surface area (Å²) in [5.41, 5.74) is 3.19. The Morgan fingerprint density at radius 3 is 2.37 bits per heavy atom. The molecule has 2 N–H and O–H groups in total. The smallest absolute Gasteiger partial charge is 0.225 e. The van der Waals surface area contributed by atoms with Crippen LogP contribution < -0.4 is 10.2 Å². The first kappa shape index (κ1) is 21.1. The average Bonchev–Trinajstić information content (AvgIpc) is 2.67. The number of benzene rings is 2.